The lowest BCUT2D eigenvalue weighted by Gasteiger charge is -2.44. The Labute approximate surface area is 126 Å². The van der Waals surface area contributed by atoms with Crippen LogP contribution in [0.5, 0.6) is 0 Å². The molecule has 0 saturated carbocycles. The van der Waals surface area contributed by atoms with Gasteiger partial charge in [-0.3, -0.25) is 9.69 Å². The number of carbonyl (C=O) groups is 1. The van der Waals surface area contributed by atoms with Crippen molar-refractivity contribution in [3.8, 4) is 0 Å². The van der Waals surface area contributed by atoms with Gasteiger partial charge in [0.1, 0.15) is 5.82 Å². The molecule has 2 heterocycles. The van der Waals surface area contributed by atoms with E-state index in [4.69, 9.17) is 0 Å². The summed E-state index contributed by atoms with van der Waals surface area (Å²) in [5.41, 5.74) is -1.05. The zero-order valence-corrected chi connectivity index (χ0v) is 11.9. The second-order valence-corrected chi connectivity index (χ2v) is 5.81. The first kappa shape index (κ1) is 15.3. The van der Waals surface area contributed by atoms with E-state index in [1.54, 1.807) is 0 Å². The first-order valence-electron chi connectivity index (χ1n) is 7.25. The van der Waals surface area contributed by atoms with E-state index in [0.29, 0.717) is 19.6 Å². The predicted octanol–water partition coefficient (Wildman–Crippen LogP) is 1.65. The summed E-state index contributed by atoms with van der Waals surface area (Å²) >= 11 is 0. The van der Waals surface area contributed by atoms with Crippen LogP contribution in [0.1, 0.15) is 28.8 Å². The van der Waals surface area contributed by atoms with E-state index in [-0.39, 0.29) is 17.7 Å². The molecule has 2 fully saturated rings. The van der Waals surface area contributed by atoms with Crippen LogP contribution in [0.3, 0.4) is 0 Å². The molecule has 1 unspecified atom stereocenters. The van der Waals surface area contributed by atoms with Gasteiger partial charge in [0.2, 0.25) is 0 Å². The summed E-state index contributed by atoms with van der Waals surface area (Å²) in [4.78, 5) is 15.8. The molecule has 2 aliphatic heterocycles. The minimum Gasteiger partial charge on any atom is -0.392 e. The van der Waals surface area contributed by atoms with Gasteiger partial charge in [-0.05, 0) is 12.5 Å². The van der Waals surface area contributed by atoms with Gasteiger partial charge in [-0.2, -0.15) is 0 Å². The van der Waals surface area contributed by atoms with Gasteiger partial charge in [0.15, 0.2) is 0 Å². The van der Waals surface area contributed by atoms with Crippen LogP contribution in [0.25, 0.3) is 0 Å². The number of nitrogens with zero attached hydrogens (tertiary/aromatic N) is 2. The summed E-state index contributed by atoms with van der Waals surface area (Å²) in [6.45, 7) is 2.23. The molecule has 0 bridgehead atoms. The molecule has 7 heteroatoms. The van der Waals surface area contributed by atoms with Gasteiger partial charge < -0.3 is 10.0 Å². The zero-order valence-electron chi connectivity index (χ0n) is 11.9. The van der Waals surface area contributed by atoms with Crippen molar-refractivity contribution in [2.45, 2.75) is 25.0 Å². The van der Waals surface area contributed by atoms with Crippen molar-refractivity contribution in [1.82, 2.24) is 9.80 Å². The highest BCUT2D eigenvalue weighted by Gasteiger charge is 2.38. The molecule has 0 aliphatic carbocycles. The van der Waals surface area contributed by atoms with Gasteiger partial charge in [-0.25, -0.2) is 13.2 Å². The SMILES string of the molecule is O=C(c1cccc(C(F)F)c1F)N1CC(N2CCC(O)C2)C1. The maximum absolute atomic E-state index is 14.0. The lowest BCUT2D eigenvalue weighted by molar-refractivity contribution is 0.0294. The van der Waals surface area contributed by atoms with Crippen LogP contribution in [-0.2, 0) is 0 Å². The average molecular weight is 314 g/mol. The van der Waals surface area contributed by atoms with Crippen molar-refractivity contribution in [2.75, 3.05) is 26.2 Å². The average Bonchev–Trinajstić information content (AvgIpc) is 2.83. The second-order valence-electron chi connectivity index (χ2n) is 5.81. The van der Waals surface area contributed by atoms with Crippen molar-refractivity contribution in [3.05, 3.63) is 35.1 Å². The van der Waals surface area contributed by atoms with E-state index in [1.165, 1.54) is 17.0 Å². The summed E-state index contributed by atoms with van der Waals surface area (Å²) in [6, 6.07) is 3.64. The van der Waals surface area contributed by atoms with Crippen LogP contribution < -0.4 is 0 Å². The molecule has 22 heavy (non-hydrogen) atoms. The van der Waals surface area contributed by atoms with Crippen molar-refractivity contribution < 1.29 is 23.1 Å². The smallest absolute Gasteiger partial charge is 0.266 e. The third-order valence-corrected chi connectivity index (χ3v) is 4.35. The first-order chi connectivity index (χ1) is 10.5. The number of likely N-dealkylation sites (tertiary alicyclic amines) is 2. The van der Waals surface area contributed by atoms with Gasteiger partial charge in [0.25, 0.3) is 12.3 Å². The fraction of sp³-hybridized carbons (Fsp3) is 0.533. The number of β-amino-alcohol motifs (C(OH)–C–C–N with tert-alkyl or cyclic N) is 1. The molecular weight excluding hydrogens is 297 g/mol. The second kappa shape index (κ2) is 5.89. The first-order valence-corrected chi connectivity index (χ1v) is 7.25. The van der Waals surface area contributed by atoms with E-state index in [1.807, 2.05) is 0 Å². The molecule has 2 aliphatic rings. The molecule has 2 saturated heterocycles. The maximum Gasteiger partial charge on any atom is 0.266 e. The number of hydrogen-bond acceptors (Lipinski definition) is 3. The number of carbonyl (C=O) groups excluding carboxylic acids is 1. The quantitative estimate of drug-likeness (QED) is 0.923. The van der Waals surface area contributed by atoms with Crippen molar-refractivity contribution >= 4 is 5.91 Å². The van der Waals surface area contributed by atoms with Crippen LogP contribution in [0.4, 0.5) is 13.2 Å². The normalized spacial score (nSPS) is 23.1. The molecule has 1 atom stereocenters. The number of halogens is 3. The van der Waals surface area contributed by atoms with Crippen molar-refractivity contribution in [3.63, 3.8) is 0 Å². The molecule has 1 aromatic rings. The fourth-order valence-corrected chi connectivity index (χ4v) is 3.01. The topological polar surface area (TPSA) is 43.8 Å². The molecular formula is C15H17F3N2O2. The highest BCUT2D eigenvalue weighted by atomic mass is 19.3. The van der Waals surface area contributed by atoms with Crippen molar-refractivity contribution in [1.29, 1.82) is 0 Å². The molecule has 1 N–H and O–H groups in total. The number of aliphatic hydroxyl groups is 1. The predicted molar refractivity (Wildman–Crippen MR) is 73.2 cm³/mol. The van der Waals surface area contributed by atoms with Crippen LogP contribution in [0, 0.1) is 5.82 Å². The number of amides is 1. The molecule has 120 valence electrons. The number of hydrogen-bond donors (Lipinski definition) is 1. The van der Waals surface area contributed by atoms with E-state index < -0.39 is 23.7 Å². The van der Waals surface area contributed by atoms with Gasteiger partial charge in [0, 0.05) is 32.2 Å². The zero-order chi connectivity index (χ0) is 15.9. The van der Waals surface area contributed by atoms with Gasteiger partial charge in [-0.1, -0.05) is 12.1 Å². The Balaban J connectivity index is 1.65. The Hall–Kier alpha value is -1.60. The molecule has 0 radical (unpaired) electrons. The Bertz CT molecular complexity index is 576. The molecule has 1 amide bonds. The summed E-state index contributed by atoms with van der Waals surface area (Å²) in [7, 11) is 0. The van der Waals surface area contributed by atoms with E-state index in [9.17, 15) is 23.1 Å². The third-order valence-electron chi connectivity index (χ3n) is 4.35. The Kier molecular flexibility index (Phi) is 4.10. The van der Waals surface area contributed by atoms with Gasteiger partial charge in [-0.15, -0.1) is 0 Å². The highest BCUT2D eigenvalue weighted by Crippen LogP contribution is 2.27. The Morgan fingerprint density at radius 3 is 2.59 bits per heavy atom. The maximum atomic E-state index is 14.0. The number of aliphatic hydroxyl groups excluding tert-OH is 1. The fourth-order valence-electron chi connectivity index (χ4n) is 3.01. The number of alkyl halides is 2. The van der Waals surface area contributed by atoms with E-state index in [0.717, 1.165) is 19.0 Å². The van der Waals surface area contributed by atoms with Crippen LogP contribution in [0.2, 0.25) is 0 Å². The molecule has 0 spiro atoms. The van der Waals surface area contributed by atoms with Crippen LogP contribution >= 0.6 is 0 Å². The molecule has 4 nitrogen and oxygen atoms in total. The minimum absolute atomic E-state index is 0.155. The number of rotatable bonds is 3. The summed E-state index contributed by atoms with van der Waals surface area (Å²) in [6.07, 6.45) is -2.55. The summed E-state index contributed by atoms with van der Waals surface area (Å²) < 4.78 is 39.3. The largest absolute Gasteiger partial charge is 0.392 e. The van der Waals surface area contributed by atoms with Crippen molar-refractivity contribution in [2.24, 2.45) is 0 Å². The summed E-state index contributed by atoms with van der Waals surface area (Å²) in [5.74, 6) is -1.70. The van der Waals surface area contributed by atoms with E-state index in [2.05, 4.69) is 4.90 Å². The van der Waals surface area contributed by atoms with Crippen LogP contribution in [0.15, 0.2) is 18.2 Å². The third kappa shape index (κ3) is 2.70. The molecule has 1 aromatic carbocycles. The Morgan fingerprint density at radius 2 is 2.00 bits per heavy atom. The van der Waals surface area contributed by atoms with Crippen LogP contribution in [-0.4, -0.2) is 59.1 Å². The minimum atomic E-state index is -2.94. The summed E-state index contributed by atoms with van der Waals surface area (Å²) in [5, 5.41) is 9.50. The van der Waals surface area contributed by atoms with E-state index >= 15 is 0 Å². The van der Waals surface area contributed by atoms with Gasteiger partial charge in [0.05, 0.1) is 17.2 Å². The van der Waals surface area contributed by atoms with Gasteiger partial charge >= 0.3 is 0 Å². The monoisotopic (exact) mass is 314 g/mol. The lowest BCUT2D eigenvalue weighted by Crippen LogP contribution is -2.60. The lowest BCUT2D eigenvalue weighted by atomic mass is 10.0. The molecule has 0 aromatic heterocycles. The molecule has 3 rings (SSSR count). The highest BCUT2D eigenvalue weighted by molar-refractivity contribution is 5.95. The number of benzene rings is 1. The Morgan fingerprint density at radius 1 is 1.27 bits per heavy atom. The standard InChI is InChI=1S/C15H17F3N2O2/c16-13-11(14(17)18)2-1-3-12(13)15(22)20-6-9(7-20)19-5-4-10(21)8-19/h1-3,9-10,14,21H,4-8H2.